The number of phenolic OH excluding ortho intramolecular Hbond substituents is 2. The second-order valence-corrected chi connectivity index (χ2v) is 4.28. The molecule has 2 atom stereocenters. The van der Waals surface area contributed by atoms with Crippen molar-refractivity contribution in [1.29, 1.82) is 0 Å². The molecule has 0 saturated heterocycles. The third-order valence-corrected chi connectivity index (χ3v) is 2.79. The second kappa shape index (κ2) is 5.24. The van der Waals surface area contributed by atoms with Crippen molar-refractivity contribution in [3.8, 4) is 11.5 Å². The molecule has 100 valence electrons. The third kappa shape index (κ3) is 2.72. The number of hydrogen-bond donors (Lipinski definition) is 5. The van der Waals surface area contributed by atoms with Gasteiger partial charge in [-0.25, -0.2) is 0 Å². The Morgan fingerprint density at radius 2 is 1.83 bits per heavy atom. The maximum absolute atomic E-state index is 11.2. The summed E-state index contributed by atoms with van der Waals surface area (Å²) < 4.78 is 0. The van der Waals surface area contributed by atoms with Crippen LogP contribution in [0.1, 0.15) is 31.4 Å². The van der Waals surface area contributed by atoms with Gasteiger partial charge in [0, 0.05) is 6.07 Å². The fourth-order valence-corrected chi connectivity index (χ4v) is 1.85. The van der Waals surface area contributed by atoms with Gasteiger partial charge in [0.2, 0.25) is 0 Å². The molecule has 0 aliphatic heterocycles. The highest BCUT2D eigenvalue weighted by atomic mass is 16.4. The largest absolute Gasteiger partial charge is 0.508 e. The van der Waals surface area contributed by atoms with E-state index in [-0.39, 0.29) is 23.5 Å². The second-order valence-electron chi connectivity index (χ2n) is 4.28. The molecular formula is C12H17NO5. The lowest BCUT2D eigenvalue weighted by Crippen LogP contribution is -2.52. The van der Waals surface area contributed by atoms with Crippen LogP contribution in [0.2, 0.25) is 0 Å². The minimum absolute atomic E-state index is 0.0610. The minimum Gasteiger partial charge on any atom is -0.508 e. The first-order valence-electron chi connectivity index (χ1n) is 5.54. The molecule has 0 radical (unpaired) electrons. The number of aromatic hydroxyl groups is 2. The summed E-state index contributed by atoms with van der Waals surface area (Å²) in [7, 11) is 0. The highest BCUT2D eigenvalue weighted by molar-refractivity contribution is 5.79. The zero-order chi connectivity index (χ0) is 13.9. The Balaban J connectivity index is 3.17. The fraction of sp³-hybridized carbons (Fsp3) is 0.417. The van der Waals surface area contributed by atoms with Crippen molar-refractivity contribution >= 4 is 5.97 Å². The van der Waals surface area contributed by atoms with Gasteiger partial charge in [0.1, 0.15) is 23.1 Å². The molecule has 1 aromatic rings. The Kier molecular flexibility index (Phi) is 4.15. The molecule has 1 rings (SSSR count). The number of nitrogens with two attached hydrogens (primary N) is 1. The van der Waals surface area contributed by atoms with Crippen LogP contribution in [0.5, 0.6) is 11.5 Å². The van der Waals surface area contributed by atoms with Crippen molar-refractivity contribution < 1.29 is 25.2 Å². The number of aliphatic carboxylic acids is 1. The maximum atomic E-state index is 11.2. The molecule has 0 aliphatic rings. The zero-order valence-electron chi connectivity index (χ0n) is 10.00. The maximum Gasteiger partial charge on any atom is 0.326 e. The van der Waals surface area contributed by atoms with Gasteiger partial charge in [-0.2, -0.15) is 0 Å². The summed E-state index contributed by atoms with van der Waals surface area (Å²) in [6, 6.07) is 3.42. The van der Waals surface area contributed by atoms with Crippen LogP contribution < -0.4 is 5.73 Å². The van der Waals surface area contributed by atoms with Gasteiger partial charge < -0.3 is 26.2 Å². The van der Waals surface area contributed by atoms with E-state index in [1.165, 1.54) is 12.1 Å². The molecule has 18 heavy (non-hydrogen) atoms. The van der Waals surface area contributed by atoms with Gasteiger partial charge in [0.25, 0.3) is 0 Å². The van der Waals surface area contributed by atoms with Gasteiger partial charge in [-0.1, -0.05) is 13.3 Å². The quantitative estimate of drug-likeness (QED) is 0.528. The van der Waals surface area contributed by atoms with Gasteiger partial charge in [-0.15, -0.1) is 0 Å². The first-order valence-corrected chi connectivity index (χ1v) is 5.54. The van der Waals surface area contributed by atoms with E-state index in [1.54, 1.807) is 6.92 Å². The Morgan fingerprint density at radius 3 is 2.22 bits per heavy atom. The van der Waals surface area contributed by atoms with E-state index in [9.17, 15) is 20.1 Å². The fourth-order valence-electron chi connectivity index (χ4n) is 1.85. The minimum atomic E-state index is -1.85. The van der Waals surface area contributed by atoms with Crippen molar-refractivity contribution in [2.45, 2.75) is 31.4 Å². The molecule has 0 aliphatic carbocycles. The summed E-state index contributed by atoms with van der Waals surface area (Å²) in [4.78, 5) is 11.2. The lowest BCUT2D eigenvalue weighted by Gasteiger charge is -2.30. The highest BCUT2D eigenvalue weighted by Crippen LogP contribution is 2.32. The SMILES string of the molecule is CCC[C@@](N)(C(=O)O)C(O)c1cc(O)cc(O)c1. The average molecular weight is 255 g/mol. The predicted molar refractivity (Wildman–Crippen MR) is 64.2 cm³/mol. The van der Waals surface area contributed by atoms with E-state index < -0.39 is 17.6 Å². The number of phenols is 2. The van der Waals surface area contributed by atoms with Crippen molar-refractivity contribution in [3.05, 3.63) is 23.8 Å². The summed E-state index contributed by atoms with van der Waals surface area (Å²) in [5.74, 6) is -1.87. The van der Waals surface area contributed by atoms with Crippen LogP contribution in [0.3, 0.4) is 0 Å². The van der Waals surface area contributed by atoms with Crippen LogP contribution in [0, 0.1) is 0 Å². The van der Waals surface area contributed by atoms with Crippen molar-refractivity contribution in [1.82, 2.24) is 0 Å². The molecular weight excluding hydrogens is 238 g/mol. The molecule has 6 heteroatoms. The summed E-state index contributed by atoms with van der Waals surface area (Å²) in [5, 5.41) is 37.8. The topological polar surface area (TPSA) is 124 Å². The summed E-state index contributed by atoms with van der Waals surface area (Å²) >= 11 is 0. The Hall–Kier alpha value is -1.79. The van der Waals surface area contributed by atoms with E-state index in [0.717, 1.165) is 6.07 Å². The molecule has 0 aromatic heterocycles. The number of carboxylic acid groups (broad SMARTS) is 1. The molecule has 1 unspecified atom stereocenters. The Morgan fingerprint density at radius 1 is 1.33 bits per heavy atom. The molecule has 0 amide bonds. The van der Waals surface area contributed by atoms with Crippen LogP contribution in [0.15, 0.2) is 18.2 Å². The Labute approximate surface area is 104 Å². The van der Waals surface area contributed by atoms with E-state index >= 15 is 0 Å². The summed E-state index contributed by atoms with van der Waals surface area (Å²) in [6.07, 6.45) is -0.974. The van der Waals surface area contributed by atoms with Crippen molar-refractivity contribution in [2.24, 2.45) is 5.73 Å². The van der Waals surface area contributed by atoms with Gasteiger partial charge in [0.05, 0.1) is 0 Å². The van der Waals surface area contributed by atoms with Crippen LogP contribution in [0.4, 0.5) is 0 Å². The number of hydrogen-bond acceptors (Lipinski definition) is 5. The van der Waals surface area contributed by atoms with Gasteiger partial charge >= 0.3 is 5.97 Å². The average Bonchev–Trinajstić information content (AvgIpc) is 2.26. The zero-order valence-corrected chi connectivity index (χ0v) is 10.00. The van der Waals surface area contributed by atoms with E-state index in [1.807, 2.05) is 0 Å². The van der Waals surface area contributed by atoms with Crippen LogP contribution >= 0.6 is 0 Å². The number of carbonyl (C=O) groups is 1. The molecule has 0 bridgehead atoms. The standard InChI is InChI=1S/C12H17NO5/c1-2-3-12(13,11(17)18)10(16)7-4-8(14)6-9(15)5-7/h4-6,10,14-16H,2-3,13H2,1H3,(H,17,18)/t10?,12-/m0/s1. The van der Waals surface area contributed by atoms with Gasteiger partial charge in [-0.3, -0.25) is 4.79 Å². The number of carboxylic acids is 1. The van der Waals surface area contributed by atoms with Crippen molar-refractivity contribution in [2.75, 3.05) is 0 Å². The highest BCUT2D eigenvalue weighted by Gasteiger charge is 2.41. The summed E-state index contributed by atoms with van der Waals surface area (Å²) in [6.45, 7) is 1.75. The van der Waals surface area contributed by atoms with Crippen LogP contribution in [-0.2, 0) is 4.79 Å². The van der Waals surface area contributed by atoms with Gasteiger partial charge in [-0.05, 0) is 24.1 Å². The molecule has 0 heterocycles. The number of aliphatic hydroxyl groups excluding tert-OH is 1. The van der Waals surface area contributed by atoms with Gasteiger partial charge in [0.15, 0.2) is 0 Å². The molecule has 1 aromatic carbocycles. The van der Waals surface area contributed by atoms with E-state index in [4.69, 9.17) is 10.8 Å². The molecule has 0 spiro atoms. The Bertz CT molecular complexity index is 428. The summed E-state index contributed by atoms with van der Waals surface area (Å²) in [5.41, 5.74) is 3.92. The van der Waals surface area contributed by atoms with E-state index in [2.05, 4.69) is 0 Å². The predicted octanol–water partition coefficient (Wildman–Crippen LogP) is 0.713. The lowest BCUT2D eigenvalue weighted by atomic mass is 9.84. The smallest absolute Gasteiger partial charge is 0.326 e. The monoisotopic (exact) mass is 255 g/mol. The molecule has 0 saturated carbocycles. The number of aliphatic hydroxyl groups is 1. The van der Waals surface area contributed by atoms with Crippen LogP contribution in [-0.4, -0.2) is 31.9 Å². The number of rotatable bonds is 5. The normalized spacial score (nSPS) is 15.9. The molecule has 6 N–H and O–H groups in total. The molecule has 0 fully saturated rings. The number of benzene rings is 1. The van der Waals surface area contributed by atoms with Crippen molar-refractivity contribution in [3.63, 3.8) is 0 Å². The first kappa shape index (κ1) is 14.3. The van der Waals surface area contributed by atoms with E-state index in [0.29, 0.717) is 6.42 Å². The lowest BCUT2D eigenvalue weighted by molar-refractivity contribution is -0.148. The first-order chi connectivity index (χ1) is 8.31. The molecule has 6 nitrogen and oxygen atoms in total. The third-order valence-electron chi connectivity index (χ3n) is 2.79. The van der Waals surface area contributed by atoms with Crippen LogP contribution in [0.25, 0.3) is 0 Å².